The van der Waals surface area contributed by atoms with Gasteiger partial charge in [-0.2, -0.15) is 0 Å². The largest absolute Gasteiger partial charge is 0.503 e. The molecule has 1 fully saturated rings. The summed E-state index contributed by atoms with van der Waals surface area (Å²) in [6.07, 6.45) is 2.66. The minimum absolute atomic E-state index is 0.0342. The molecule has 1 aliphatic rings. The van der Waals surface area contributed by atoms with Gasteiger partial charge in [0.1, 0.15) is 0 Å². The van der Waals surface area contributed by atoms with E-state index in [4.69, 9.17) is 26.6 Å². The van der Waals surface area contributed by atoms with Crippen LogP contribution in [-0.2, 0) is 0 Å². The number of halogens is 1. The number of amides is 1. The molecule has 1 amide bonds. The van der Waals surface area contributed by atoms with Gasteiger partial charge in [-0.15, -0.1) is 0 Å². The molecule has 0 spiro atoms. The Morgan fingerprint density at radius 1 is 0.903 bits per heavy atom. The van der Waals surface area contributed by atoms with E-state index in [1.165, 1.54) is 12.8 Å². The third kappa shape index (κ3) is 6.24. The summed E-state index contributed by atoms with van der Waals surface area (Å²) in [6, 6.07) is 19.6. The topological polar surface area (TPSA) is 86.6 Å². The summed E-state index contributed by atoms with van der Waals surface area (Å²) < 4.78 is 0. The predicted octanol–water partition coefficient (Wildman–Crippen LogP) is 5.79. The lowest BCUT2D eigenvalue weighted by atomic mass is 9.98. The van der Waals surface area contributed by atoms with Gasteiger partial charge in [-0.3, -0.25) is 4.79 Å². The first kappa shape index (κ1) is 22.2. The SMILES string of the molecule is O=C(NC1CCCC1)c1ccc2ccccc2c1C#Cc1ccc(Cl)cc1.O=C(O)O. The van der Waals surface area contributed by atoms with Crippen LogP contribution in [0.4, 0.5) is 4.79 Å². The lowest BCUT2D eigenvalue weighted by molar-refractivity contribution is 0.0937. The zero-order valence-corrected chi connectivity index (χ0v) is 17.5. The molecule has 0 unspecified atom stereocenters. The second kappa shape index (κ2) is 10.5. The third-order valence-corrected chi connectivity index (χ3v) is 5.29. The van der Waals surface area contributed by atoms with Crippen molar-refractivity contribution in [1.29, 1.82) is 0 Å². The third-order valence-electron chi connectivity index (χ3n) is 5.04. The molecule has 0 bridgehead atoms. The second-order valence-corrected chi connectivity index (χ2v) is 7.64. The van der Waals surface area contributed by atoms with Gasteiger partial charge in [0, 0.05) is 22.2 Å². The number of hydrogen-bond donors (Lipinski definition) is 3. The highest BCUT2D eigenvalue weighted by atomic mass is 35.5. The maximum absolute atomic E-state index is 12.9. The molecule has 31 heavy (non-hydrogen) atoms. The number of nitrogens with one attached hydrogen (secondary N) is 1. The molecule has 3 aromatic rings. The Morgan fingerprint density at radius 2 is 1.55 bits per heavy atom. The normalized spacial score (nSPS) is 12.9. The van der Waals surface area contributed by atoms with Crippen molar-refractivity contribution < 1.29 is 19.8 Å². The van der Waals surface area contributed by atoms with Crippen LogP contribution < -0.4 is 5.32 Å². The van der Waals surface area contributed by atoms with E-state index in [1.54, 1.807) is 0 Å². The molecule has 3 aromatic carbocycles. The van der Waals surface area contributed by atoms with Crippen molar-refractivity contribution >= 4 is 34.4 Å². The first-order chi connectivity index (χ1) is 14.9. The van der Waals surface area contributed by atoms with E-state index in [9.17, 15) is 4.79 Å². The highest BCUT2D eigenvalue weighted by Crippen LogP contribution is 2.24. The van der Waals surface area contributed by atoms with Gasteiger partial charge >= 0.3 is 6.16 Å². The number of hydrogen-bond acceptors (Lipinski definition) is 2. The van der Waals surface area contributed by atoms with Crippen molar-refractivity contribution in [3.63, 3.8) is 0 Å². The fourth-order valence-electron chi connectivity index (χ4n) is 3.60. The van der Waals surface area contributed by atoms with Crippen LogP contribution in [0.5, 0.6) is 0 Å². The minimum atomic E-state index is -1.83. The lowest BCUT2D eigenvalue weighted by Crippen LogP contribution is -2.33. The van der Waals surface area contributed by atoms with Crippen molar-refractivity contribution in [3.8, 4) is 11.8 Å². The van der Waals surface area contributed by atoms with Gasteiger partial charge in [0.25, 0.3) is 5.91 Å². The Bertz CT molecular complexity index is 1140. The van der Waals surface area contributed by atoms with Crippen LogP contribution >= 0.6 is 11.6 Å². The molecule has 0 aromatic heterocycles. The molecule has 6 heteroatoms. The van der Waals surface area contributed by atoms with Crippen molar-refractivity contribution in [2.24, 2.45) is 0 Å². The summed E-state index contributed by atoms with van der Waals surface area (Å²) in [7, 11) is 0. The van der Waals surface area contributed by atoms with Crippen molar-refractivity contribution in [2.45, 2.75) is 31.7 Å². The van der Waals surface area contributed by atoms with E-state index in [0.29, 0.717) is 10.6 Å². The lowest BCUT2D eigenvalue weighted by Gasteiger charge is -2.14. The van der Waals surface area contributed by atoms with E-state index in [1.807, 2.05) is 60.7 Å². The Kier molecular flexibility index (Phi) is 7.53. The fraction of sp³-hybridized carbons (Fsp3) is 0.200. The fourth-order valence-corrected chi connectivity index (χ4v) is 3.72. The van der Waals surface area contributed by atoms with Gasteiger partial charge in [-0.25, -0.2) is 4.79 Å². The number of carboxylic acid groups (broad SMARTS) is 2. The zero-order valence-electron chi connectivity index (χ0n) is 16.8. The average Bonchev–Trinajstić information content (AvgIpc) is 3.25. The van der Waals surface area contributed by atoms with Gasteiger partial charge in [-0.1, -0.05) is 66.6 Å². The van der Waals surface area contributed by atoms with E-state index in [2.05, 4.69) is 17.2 Å². The van der Waals surface area contributed by atoms with Crippen molar-refractivity contribution in [1.82, 2.24) is 5.32 Å². The molecule has 3 N–H and O–H groups in total. The number of carbonyl (C=O) groups is 2. The van der Waals surface area contributed by atoms with E-state index >= 15 is 0 Å². The maximum Gasteiger partial charge on any atom is 0.503 e. The van der Waals surface area contributed by atoms with Crippen molar-refractivity contribution in [3.05, 3.63) is 82.4 Å². The molecule has 158 valence electrons. The number of benzene rings is 3. The molecule has 0 saturated heterocycles. The van der Waals surface area contributed by atoms with Gasteiger partial charge in [0.05, 0.1) is 5.56 Å². The van der Waals surface area contributed by atoms with Crippen LogP contribution in [0, 0.1) is 11.8 Å². The van der Waals surface area contributed by atoms with E-state index in [-0.39, 0.29) is 11.9 Å². The number of carbonyl (C=O) groups excluding carboxylic acids is 1. The summed E-state index contributed by atoms with van der Waals surface area (Å²) in [6.45, 7) is 0. The van der Waals surface area contributed by atoms with Crippen LogP contribution in [0.1, 0.15) is 47.2 Å². The monoisotopic (exact) mass is 435 g/mol. The van der Waals surface area contributed by atoms with Gasteiger partial charge in [0.15, 0.2) is 0 Å². The summed E-state index contributed by atoms with van der Waals surface area (Å²) in [5, 5.41) is 19.9. The minimum Gasteiger partial charge on any atom is -0.450 e. The molecular weight excluding hydrogens is 414 g/mol. The summed E-state index contributed by atoms with van der Waals surface area (Å²) in [5.41, 5.74) is 2.29. The Labute approximate surface area is 185 Å². The molecular formula is C25H22ClNO4. The first-order valence-electron chi connectivity index (χ1n) is 9.96. The summed E-state index contributed by atoms with van der Waals surface area (Å²) in [4.78, 5) is 21.5. The molecule has 0 heterocycles. The number of rotatable bonds is 2. The molecule has 5 nitrogen and oxygen atoms in total. The van der Waals surface area contributed by atoms with Crippen LogP contribution in [0.3, 0.4) is 0 Å². The molecule has 0 radical (unpaired) electrons. The van der Waals surface area contributed by atoms with Gasteiger partial charge in [0.2, 0.25) is 0 Å². The van der Waals surface area contributed by atoms with Crippen LogP contribution in [0.25, 0.3) is 10.8 Å². The highest BCUT2D eigenvalue weighted by Gasteiger charge is 2.20. The van der Waals surface area contributed by atoms with E-state index in [0.717, 1.165) is 34.7 Å². The highest BCUT2D eigenvalue weighted by molar-refractivity contribution is 6.30. The molecule has 4 rings (SSSR count). The van der Waals surface area contributed by atoms with Crippen molar-refractivity contribution in [2.75, 3.05) is 0 Å². The average molecular weight is 436 g/mol. The summed E-state index contributed by atoms with van der Waals surface area (Å²) in [5.74, 6) is 6.39. The molecule has 0 atom stereocenters. The van der Waals surface area contributed by atoms with Gasteiger partial charge in [-0.05, 0) is 53.9 Å². The van der Waals surface area contributed by atoms with E-state index < -0.39 is 6.16 Å². The first-order valence-corrected chi connectivity index (χ1v) is 10.3. The Balaban J connectivity index is 0.000000628. The maximum atomic E-state index is 12.9. The zero-order chi connectivity index (χ0) is 22.2. The smallest absolute Gasteiger partial charge is 0.450 e. The Morgan fingerprint density at radius 3 is 2.23 bits per heavy atom. The molecule has 0 aliphatic heterocycles. The number of fused-ring (bicyclic) bond motifs is 1. The molecule has 1 aliphatic carbocycles. The Hall–Kier alpha value is -3.49. The van der Waals surface area contributed by atoms with Crippen LogP contribution in [0.15, 0.2) is 60.7 Å². The van der Waals surface area contributed by atoms with Crippen LogP contribution in [-0.4, -0.2) is 28.3 Å². The molecule has 1 saturated carbocycles. The summed E-state index contributed by atoms with van der Waals surface area (Å²) >= 11 is 5.95. The van der Waals surface area contributed by atoms with Crippen LogP contribution in [0.2, 0.25) is 5.02 Å². The second-order valence-electron chi connectivity index (χ2n) is 7.20. The predicted molar refractivity (Wildman–Crippen MR) is 122 cm³/mol. The standard InChI is InChI=1S/C24H20ClNO.CH2O3/c25-19-13-9-17(10-14-19)11-15-22-21-8-4-1-5-18(21)12-16-23(22)24(27)26-20-6-2-3-7-20;2-1(3)4/h1,4-5,8-10,12-14,16,20H,2-3,6-7H2,(H,26,27);(H2,2,3,4). The van der Waals surface area contributed by atoms with Gasteiger partial charge < -0.3 is 15.5 Å². The quantitative estimate of drug-likeness (QED) is 0.445.